The third-order valence-corrected chi connectivity index (χ3v) is 6.34. The van der Waals surface area contributed by atoms with Crippen LogP contribution >= 0.6 is 12.2 Å². The highest BCUT2D eigenvalue weighted by atomic mass is 32.1. The summed E-state index contributed by atoms with van der Waals surface area (Å²) in [5, 5.41) is 10.3. The summed E-state index contributed by atoms with van der Waals surface area (Å²) in [5.74, 6) is 1.85. The fourth-order valence-corrected chi connectivity index (χ4v) is 4.38. The monoisotopic (exact) mass is 447 g/mol. The number of nitrogens with zero attached hydrogens (tertiary/aromatic N) is 3. The highest BCUT2D eigenvalue weighted by molar-refractivity contribution is 7.71. The van der Waals surface area contributed by atoms with Gasteiger partial charge in [0.1, 0.15) is 12.3 Å². The summed E-state index contributed by atoms with van der Waals surface area (Å²) >= 11 is 5.38. The van der Waals surface area contributed by atoms with Crippen LogP contribution in [0.15, 0.2) is 24.3 Å². The number of amides is 1. The van der Waals surface area contributed by atoms with Crippen LogP contribution in [0.5, 0.6) is 5.75 Å². The molecule has 1 amide bonds. The summed E-state index contributed by atoms with van der Waals surface area (Å²) in [6.45, 7) is 8.49. The molecule has 2 aromatic rings. The highest BCUT2D eigenvalue weighted by Crippen LogP contribution is 2.22. The van der Waals surface area contributed by atoms with Gasteiger partial charge in [-0.05, 0) is 42.4 Å². The third kappa shape index (κ3) is 5.93. The number of methoxy groups -OCH3 is 1. The first kappa shape index (κ1) is 23.4. The van der Waals surface area contributed by atoms with Gasteiger partial charge in [0.15, 0.2) is 10.6 Å². The molecule has 3 rings (SSSR count). The van der Waals surface area contributed by atoms with Crippen LogP contribution in [0.4, 0.5) is 0 Å². The summed E-state index contributed by atoms with van der Waals surface area (Å²) in [5.41, 5.74) is 0.865. The molecule has 0 aliphatic carbocycles. The fraction of sp³-hybridized carbons (Fsp3) is 0.591. The summed E-state index contributed by atoms with van der Waals surface area (Å²) in [7, 11) is 1.63. The lowest BCUT2D eigenvalue weighted by Crippen LogP contribution is -2.52. The van der Waals surface area contributed by atoms with Crippen LogP contribution in [0.25, 0.3) is 11.4 Å². The number of ether oxygens (including phenoxy) is 2. The zero-order valence-corrected chi connectivity index (χ0v) is 19.4. The van der Waals surface area contributed by atoms with Crippen LogP contribution in [-0.2, 0) is 16.1 Å². The van der Waals surface area contributed by atoms with Gasteiger partial charge in [-0.2, -0.15) is 5.10 Å². The Kier molecular flexibility index (Phi) is 8.62. The number of H-pyrrole nitrogens is 1. The van der Waals surface area contributed by atoms with Crippen LogP contribution in [0.1, 0.15) is 26.7 Å². The lowest BCUT2D eigenvalue weighted by Gasteiger charge is -2.38. The molecule has 170 valence electrons. The molecule has 2 heterocycles. The number of morpholine rings is 1. The molecular formula is C22H33N5O3S. The highest BCUT2D eigenvalue weighted by Gasteiger charge is 2.27. The van der Waals surface area contributed by atoms with E-state index < -0.39 is 0 Å². The largest absolute Gasteiger partial charge is 0.497 e. The van der Waals surface area contributed by atoms with E-state index in [1.165, 1.54) is 0 Å². The predicted octanol–water partition coefficient (Wildman–Crippen LogP) is 2.87. The molecule has 1 aromatic carbocycles. The van der Waals surface area contributed by atoms with E-state index in [0.29, 0.717) is 29.1 Å². The molecule has 1 aliphatic rings. The maximum Gasteiger partial charge on any atom is 0.240 e. The van der Waals surface area contributed by atoms with Crippen molar-refractivity contribution < 1.29 is 14.3 Å². The molecule has 0 radical (unpaired) electrons. The van der Waals surface area contributed by atoms with Gasteiger partial charge >= 0.3 is 0 Å². The van der Waals surface area contributed by atoms with Gasteiger partial charge in [0.05, 0.1) is 20.3 Å². The zero-order chi connectivity index (χ0) is 22.2. The van der Waals surface area contributed by atoms with Crippen molar-refractivity contribution in [2.45, 2.75) is 39.3 Å². The van der Waals surface area contributed by atoms with Gasteiger partial charge in [-0.1, -0.05) is 26.7 Å². The fourth-order valence-electron chi connectivity index (χ4n) is 4.18. The van der Waals surface area contributed by atoms with Gasteiger partial charge in [-0.25, -0.2) is 0 Å². The maximum atomic E-state index is 12.8. The predicted molar refractivity (Wildman–Crippen MR) is 123 cm³/mol. The Balaban J connectivity index is 1.68. The zero-order valence-electron chi connectivity index (χ0n) is 18.6. The Labute approximate surface area is 188 Å². The normalized spacial score (nSPS) is 15.7. The van der Waals surface area contributed by atoms with Gasteiger partial charge in [-0.15, -0.1) is 0 Å². The second-order valence-corrected chi connectivity index (χ2v) is 8.15. The SMILES string of the molecule is CCC(CC)[C@H](CNC(=O)Cn1c(-c2ccc(OC)cc2)n[nH]c1=S)N1CCOCC1. The molecule has 1 aromatic heterocycles. The van der Waals surface area contributed by atoms with Crippen molar-refractivity contribution in [3.63, 3.8) is 0 Å². The number of hydrogen-bond acceptors (Lipinski definition) is 6. The second-order valence-electron chi connectivity index (χ2n) is 7.76. The van der Waals surface area contributed by atoms with Crippen LogP contribution in [0.2, 0.25) is 0 Å². The molecule has 9 heteroatoms. The average Bonchev–Trinajstić information content (AvgIpc) is 3.17. The molecule has 1 aliphatic heterocycles. The van der Waals surface area contributed by atoms with Crippen LogP contribution in [0, 0.1) is 10.7 Å². The molecule has 0 bridgehead atoms. The van der Waals surface area contributed by atoms with Gasteiger partial charge < -0.3 is 14.8 Å². The Morgan fingerprint density at radius 3 is 2.55 bits per heavy atom. The quantitative estimate of drug-likeness (QED) is 0.545. The van der Waals surface area contributed by atoms with E-state index >= 15 is 0 Å². The minimum atomic E-state index is -0.0727. The van der Waals surface area contributed by atoms with Crippen molar-refractivity contribution in [3.8, 4) is 17.1 Å². The summed E-state index contributed by atoms with van der Waals surface area (Å²) in [4.78, 5) is 15.3. The van der Waals surface area contributed by atoms with Crippen molar-refractivity contribution in [3.05, 3.63) is 29.0 Å². The third-order valence-electron chi connectivity index (χ3n) is 6.02. The first-order valence-electron chi connectivity index (χ1n) is 11.0. The minimum absolute atomic E-state index is 0.0727. The van der Waals surface area contributed by atoms with Crippen LogP contribution < -0.4 is 10.1 Å². The van der Waals surface area contributed by atoms with Gasteiger partial charge in [0, 0.05) is 31.2 Å². The Morgan fingerprint density at radius 2 is 1.94 bits per heavy atom. The van der Waals surface area contributed by atoms with Crippen LogP contribution in [0.3, 0.4) is 0 Å². The molecule has 8 nitrogen and oxygen atoms in total. The van der Waals surface area contributed by atoms with E-state index in [1.54, 1.807) is 11.7 Å². The molecule has 0 spiro atoms. The number of aromatic nitrogens is 3. The molecule has 1 fully saturated rings. The van der Waals surface area contributed by atoms with E-state index in [0.717, 1.165) is 50.5 Å². The number of nitrogens with one attached hydrogen (secondary N) is 2. The van der Waals surface area contributed by atoms with Crippen LogP contribution in [-0.4, -0.2) is 71.6 Å². The topological polar surface area (TPSA) is 84.4 Å². The van der Waals surface area contributed by atoms with Gasteiger partial charge in [-0.3, -0.25) is 19.4 Å². The first-order chi connectivity index (χ1) is 15.1. The number of aromatic amines is 1. The second kappa shape index (κ2) is 11.4. The number of rotatable bonds is 10. The Bertz CT molecular complexity index is 885. The minimum Gasteiger partial charge on any atom is -0.497 e. The summed E-state index contributed by atoms with van der Waals surface area (Å²) in [6.07, 6.45) is 2.17. The Morgan fingerprint density at radius 1 is 1.26 bits per heavy atom. The number of benzene rings is 1. The van der Waals surface area contributed by atoms with Crippen molar-refractivity contribution in [2.24, 2.45) is 5.92 Å². The standard InChI is InChI=1S/C22H33N5O3S/c1-4-16(5-2)19(26-10-12-30-13-11-26)14-23-20(28)15-27-21(24-25-22(27)31)17-6-8-18(29-3)9-7-17/h6-9,16,19H,4-5,10-15H2,1-3H3,(H,23,28)(H,25,31)/t19-/m0/s1. The van der Waals surface area contributed by atoms with Crippen molar-refractivity contribution >= 4 is 18.1 Å². The molecule has 1 saturated heterocycles. The van der Waals surface area contributed by atoms with Crippen molar-refractivity contribution in [1.82, 2.24) is 25.0 Å². The molecule has 0 unspecified atom stereocenters. The van der Waals surface area contributed by atoms with Crippen molar-refractivity contribution in [2.75, 3.05) is 40.0 Å². The summed E-state index contributed by atoms with van der Waals surface area (Å²) in [6, 6.07) is 7.83. The lowest BCUT2D eigenvalue weighted by molar-refractivity contribution is -0.122. The molecular weight excluding hydrogens is 414 g/mol. The lowest BCUT2D eigenvalue weighted by atomic mass is 9.92. The number of hydrogen-bond donors (Lipinski definition) is 2. The van der Waals surface area contributed by atoms with Crippen molar-refractivity contribution in [1.29, 1.82) is 0 Å². The van der Waals surface area contributed by atoms with E-state index in [-0.39, 0.29) is 12.5 Å². The first-order valence-corrected chi connectivity index (χ1v) is 11.4. The van der Waals surface area contributed by atoms with E-state index in [4.69, 9.17) is 21.7 Å². The number of carbonyl (C=O) groups is 1. The Hall–Kier alpha value is -2.23. The van der Waals surface area contributed by atoms with E-state index in [9.17, 15) is 4.79 Å². The molecule has 1 atom stereocenters. The van der Waals surface area contributed by atoms with Gasteiger partial charge in [0.2, 0.25) is 5.91 Å². The average molecular weight is 448 g/mol. The smallest absolute Gasteiger partial charge is 0.240 e. The number of carbonyl (C=O) groups excluding carboxylic acids is 1. The maximum absolute atomic E-state index is 12.8. The molecule has 0 saturated carbocycles. The van der Waals surface area contributed by atoms with Gasteiger partial charge in [0.25, 0.3) is 0 Å². The van der Waals surface area contributed by atoms with E-state index in [2.05, 4.69) is 34.3 Å². The molecule has 31 heavy (non-hydrogen) atoms. The molecule has 2 N–H and O–H groups in total. The summed E-state index contributed by atoms with van der Waals surface area (Å²) < 4.78 is 12.9. The van der Waals surface area contributed by atoms with E-state index in [1.807, 2.05) is 24.3 Å².